The molecule has 0 fully saturated rings. The maximum Gasteiger partial charge on any atom is 0.126 e. The van der Waals surface area contributed by atoms with E-state index in [1.807, 2.05) is 12.1 Å². The molecule has 88 valence electrons. The molecule has 0 nitrogen and oxygen atoms in total. The van der Waals surface area contributed by atoms with Crippen LogP contribution >= 0.6 is 11.6 Å². The van der Waals surface area contributed by atoms with Crippen LogP contribution < -0.4 is 0 Å². The molecule has 0 unspecified atom stereocenters. The Kier molecular flexibility index (Phi) is 3.75. The van der Waals surface area contributed by atoms with E-state index in [-0.39, 0.29) is 5.82 Å². The van der Waals surface area contributed by atoms with E-state index in [0.29, 0.717) is 23.4 Å². The highest BCUT2D eigenvalue weighted by molar-refractivity contribution is 6.30. The van der Waals surface area contributed by atoms with Gasteiger partial charge in [0.2, 0.25) is 0 Å². The van der Waals surface area contributed by atoms with Crippen LogP contribution in [0.5, 0.6) is 0 Å². The molecule has 2 aromatic carbocycles. The summed E-state index contributed by atoms with van der Waals surface area (Å²) in [6, 6.07) is 10.9. The number of benzene rings is 2. The Morgan fingerprint density at radius 2 is 1.59 bits per heavy atom. The molecule has 0 N–H and O–H groups in total. The van der Waals surface area contributed by atoms with Crippen molar-refractivity contribution in [3.8, 4) is 0 Å². The van der Waals surface area contributed by atoms with Crippen LogP contribution in [-0.4, -0.2) is 0 Å². The molecule has 3 heteroatoms. The van der Waals surface area contributed by atoms with Gasteiger partial charge in [-0.2, -0.15) is 0 Å². The third-order valence-corrected chi connectivity index (χ3v) is 2.86. The summed E-state index contributed by atoms with van der Waals surface area (Å²) < 4.78 is 26.3. The molecule has 0 bridgehead atoms. The summed E-state index contributed by atoms with van der Waals surface area (Å²) in [5, 5.41) is 0.672. The van der Waals surface area contributed by atoms with Crippen molar-refractivity contribution >= 4 is 11.6 Å². The maximum atomic E-state index is 13.3. The van der Waals surface area contributed by atoms with Crippen molar-refractivity contribution in [3.05, 3.63) is 70.2 Å². The first-order valence-electron chi connectivity index (χ1n) is 5.33. The second kappa shape index (κ2) is 5.28. The molecule has 2 rings (SSSR count). The molecule has 0 saturated carbocycles. The molecule has 0 heterocycles. The van der Waals surface area contributed by atoms with E-state index in [1.54, 1.807) is 12.1 Å². The molecule has 0 aliphatic carbocycles. The van der Waals surface area contributed by atoms with Gasteiger partial charge in [-0.05, 0) is 54.3 Å². The van der Waals surface area contributed by atoms with Gasteiger partial charge >= 0.3 is 0 Å². The standard InChI is InChI=1S/C14H11ClF2/c15-12-5-2-10(3-6-12)1-4-11-9-13(16)7-8-14(11)17/h2-3,5-9H,1,4H2. The quantitative estimate of drug-likeness (QED) is 0.759. The smallest absolute Gasteiger partial charge is 0.126 e. The number of aryl methyl sites for hydroxylation is 2. The fraction of sp³-hybridized carbons (Fsp3) is 0.143. The first kappa shape index (κ1) is 12.1. The van der Waals surface area contributed by atoms with Crippen LogP contribution in [0.25, 0.3) is 0 Å². The van der Waals surface area contributed by atoms with Crippen molar-refractivity contribution in [1.82, 2.24) is 0 Å². The van der Waals surface area contributed by atoms with Crippen LogP contribution in [0.4, 0.5) is 8.78 Å². The zero-order valence-electron chi connectivity index (χ0n) is 9.09. The molecule has 0 amide bonds. The topological polar surface area (TPSA) is 0 Å². The van der Waals surface area contributed by atoms with Crippen LogP contribution in [0, 0.1) is 11.6 Å². The number of hydrogen-bond donors (Lipinski definition) is 0. The van der Waals surface area contributed by atoms with E-state index >= 15 is 0 Å². The molecule has 0 saturated heterocycles. The van der Waals surface area contributed by atoms with Gasteiger partial charge in [0, 0.05) is 5.02 Å². The highest BCUT2D eigenvalue weighted by Crippen LogP contribution is 2.15. The van der Waals surface area contributed by atoms with Crippen LogP contribution in [0.2, 0.25) is 5.02 Å². The van der Waals surface area contributed by atoms with Crippen molar-refractivity contribution < 1.29 is 8.78 Å². The fourth-order valence-electron chi connectivity index (χ4n) is 1.66. The van der Waals surface area contributed by atoms with Crippen LogP contribution in [0.3, 0.4) is 0 Å². The molecule has 2 aromatic rings. The maximum absolute atomic E-state index is 13.3. The van der Waals surface area contributed by atoms with Gasteiger partial charge in [0.05, 0.1) is 0 Å². The molecule has 0 aliphatic heterocycles. The van der Waals surface area contributed by atoms with Gasteiger partial charge < -0.3 is 0 Å². The second-order valence-corrected chi connectivity index (χ2v) is 4.30. The lowest BCUT2D eigenvalue weighted by atomic mass is 10.0. The Hall–Kier alpha value is -1.41. The first-order valence-corrected chi connectivity index (χ1v) is 5.71. The van der Waals surface area contributed by atoms with Crippen molar-refractivity contribution in [2.45, 2.75) is 12.8 Å². The monoisotopic (exact) mass is 252 g/mol. The third-order valence-electron chi connectivity index (χ3n) is 2.60. The normalized spacial score (nSPS) is 10.5. The number of hydrogen-bond acceptors (Lipinski definition) is 0. The van der Waals surface area contributed by atoms with Crippen LogP contribution in [0.1, 0.15) is 11.1 Å². The summed E-state index contributed by atoms with van der Waals surface area (Å²) in [7, 11) is 0. The minimum absolute atomic E-state index is 0.361. The summed E-state index contributed by atoms with van der Waals surface area (Å²) in [4.78, 5) is 0. The van der Waals surface area contributed by atoms with Crippen LogP contribution in [-0.2, 0) is 12.8 Å². The van der Waals surface area contributed by atoms with E-state index in [9.17, 15) is 8.78 Å². The zero-order chi connectivity index (χ0) is 12.3. The molecule has 17 heavy (non-hydrogen) atoms. The minimum Gasteiger partial charge on any atom is -0.207 e. The van der Waals surface area contributed by atoms with E-state index in [1.165, 1.54) is 6.07 Å². The molecule has 0 spiro atoms. The van der Waals surface area contributed by atoms with Gasteiger partial charge in [-0.1, -0.05) is 23.7 Å². The number of halogens is 3. The van der Waals surface area contributed by atoms with E-state index < -0.39 is 5.82 Å². The molecular formula is C14H11ClF2. The number of rotatable bonds is 3. The first-order chi connectivity index (χ1) is 8.15. The van der Waals surface area contributed by atoms with E-state index in [4.69, 9.17) is 11.6 Å². The Morgan fingerprint density at radius 1 is 0.882 bits per heavy atom. The van der Waals surface area contributed by atoms with Crippen molar-refractivity contribution in [3.63, 3.8) is 0 Å². The van der Waals surface area contributed by atoms with Crippen molar-refractivity contribution in [2.75, 3.05) is 0 Å². The lowest BCUT2D eigenvalue weighted by Gasteiger charge is -2.04. The zero-order valence-corrected chi connectivity index (χ0v) is 9.85. The lowest BCUT2D eigenvalue weighted by Crippen LogP contribution is -1.95. The predicted octanol–water partition coefficient (Wildman–Crippen LogP) is 4.40. The van der Waals surface area contributed by atoms with Gasteiger partial charge in [-0.15, -0.1) is 0 Å². The Labute approximate surface area is 104 Å². The van der Waals surface area contributed by atoms with Gasteiger partial charge in [-0.3, -0.25) is 0 Å². The van der Waals surface area contributed by atoms with E-state index in [2.05, 4.69) is 0 Å². The summed E-state index contributed by atoms with van der Waals surface area (Å²) in [6.45, 7) is 0. The lowest BCUT2D eigenvalue weighted by molar-refractivity contribution is 0.584. The van der Waals surface area contributed by atoms with Gasteiger partial charge in [0.1, 0.15) is 11.6 Å². The summed E-state index contributed by atoms with van der Waals surface area (Å²) in [6.07, 6.45) is 1.14. The Balaban J connectivity index is 2.07. The van der Waals surface area contributed by atoms with Gasteiger partial charge in [0.15, 0.2) is 0 Å². The molecule has 0 aromatic heterocycles. The average molecular weight is 253 g/mol. The molecule has 0 atom stereocenters. The highest BCUT2D eigenvalue weighted by atomic mass is 35.5. The highest BCUT2D eigenvalue weighted by Gasteiger charge is 2.04. The second-order valence-electron chi connectivity index (χ2n) is 3.86. The Bertz CT molecular complexity index is 506. The molecular weight excluding hydrogens is 242 g/mol. The van der Waals surface area contributed by atoms with Gasteiger partial charge in [-0.25, -0.2) is 8.78 Å². The summed E-state index contributed by atoms with van der Waals surface area (Å²) >= 11 is 5.77. The Morgan fingerprint density at radius 3 is 2.29 bits per heavy atom. The molecule has 0 aliphatic rings. The van der Waals surface area contributed by atoms with Crippen LogP contribution in [0.15, 0.2) is 42.5 Å². The van der Waals surface area contributed by atoms with Gasteiger partial charge in [0.25, 0.3) is 0 Å². The third kappa shape index (κ3) is 3.27. The minimum atomic E-state index is -0.405. The molecule has 0 radical (unpaired) electrons. The summed E-state index contributed by atoms with van der Waals surface area (Å²) in [5.74, 6) is -0.766. The largest absolute Gasteiger partial charge is 0.207 e. The van der Waals surface area contributed by atoms with Crippen molar-refractivity contribution in [2.24, 2.45) is 0 Å². The SMILES string of the molecule is Fc1ccc(F)c(CCc2ccc(Cl)cc2)c1. The summed E-state index contributed by atoms with van der Waals surface area (Å²) in [5.41, 5.74) is 1.46. The van der Waals surface area contributed by atoms with E-state index in [0.717, 1.165) is 17.7 Å². The predicted molar refractivity (Wildman–Crippen MR) is 65.2 cm³/mol. The van der Waals surface area contributed by atoms with Crippen molar-refractivity contribution in [1.29, 1.82) is 0 Å². The average Bonchev–Trinajstić information content (AvgIpc) is 2.32. The fourth-order valence-corrected chi connectivity index (χ4v) is 1.79.